The molecule has 3 rings (SSSR count). The predicted molar refractivity (Wildman–Crippen MR) is 120 cm³/mol. The fourth-order valence-corrected chi connectivity index (χ4v) is 2.98. The highest BCUT2D eigenvalue weighted by Crippen LogP contribution is 2.29. The number of benzene rings is 3. The number of carbonyl (C=O) groups is 2. The Kier molecular flexibility index (Phi) is 7.07. The van der Waals surface area contributed by atoms with E-state index in [2.05, 4.69) is 5.32 Å². The van der Waals surface area contributed by atoms with Crippen molar-refractivity contribution in [1.29, 1.82) is 0 Å². The number of nitrogens with zero attached hydrogens (tertiary/aromatic N) is 1. The van der Waals surface area contributed by atoms with Crippen molar-refractivity contribution in [1.82, 2.24) is 0 Å². The van der Waals surface area contributed by atoms with Gasteiger partial charge in [-0.2, -0.15) is 0 Å². The first-order valence-electron chi connectivity index (χ1n) is 9.48. The van der Waals surface area contributed by atoms with E-state index in [-0.39, 0.29) is 22.9 Å². The molecule has 0 radical (unpaired) electrons. The number of rotatable bonds is 8. The number of halogens is 1. The molecule has 1 amide bonds. The molecule has 0 fully saturated rings. The second-order valence-corrected chi connectivity index (χ2v) is 7.19. The summed E-state index contributed by atoms with van der Waals surface area (Å²) in [6.07, 6.45) is -0.920. The molecule has 0 aliphatic rings. The maximum atomic E-state index is 12.5. The average Bonchev–Trinajstić information content (AvgIpc) is 2.79. The maximum Gasteiger partial charge on any atom is 0.271 e. The van der Waals surface area contributed by atoms with Gasteiger partial charge in [-0.05, 0) is 61.5 Å². The number of ketones is 1. The van der Waals surface area contributed by atoms with E-state index in [1.54, 1.807) is 48.5 Å². The van der Waals surface area contributed by atoms with Gasteiger partial charge in [0, 0.05) is 28.3 Å². The SMILES string of the molecule is COc1ccc([N+](=O)[O-])cc1NC(=O)C(C)Oc1ccc(C(=O)c2ccc(Cl)cc2)cc1. The molecule has 0 bridgehead atoms. The van der Waals surface area contributed by atoms with Gasteiger partial charge in [-0.15, -0.1) is 0 Å². The summed E-state index contributed by atoms with van der Waals surface area (Å²) in [6.45, 7) is 1.53. The highest BCUT2D eigenvalue weighted by molar-refractivity contribution is 6.30. The van der Waals surface area contributed by atoms with Gasteiger partial charge in [-0.3, -0.25) is 19.7 Å². The van der Waals surface area contributed by atoms with Crippen LogP contribution in [0.2, 0.25) is 5.02 Å². The van der Waals surface area contributed by atoms with Crippen molar-refractivity contribution in [2.45, 2.75) is 13.0 Å². The quantitative estimate of drug-likeness (QED) is 0.295. The molecular weight excluding hydrogens is 436 g/mol. The highest BCUT2D eigenvalue weighted by Gasteiger charge is 2.19. The Morgan fingerprint density at radius 2 is 1.59 bits per heavy atom. The third-order valence-corrected chi connectivity index (χ3v) is 4.81. The summed E-state index contributed by atoms with van der Waals surface area (Å²) < 4.78 is 10.8. The van der Waals surface area contributed by atoms with Gasteiger partial charge < -0.3 is 14.8 Å². The van der Waals surface area contributed by atoms with E-state index < -0.39 is 16.9 Å². The van der Waals surface area contributed by atoms with Crippen LogP contribution in [-0.2, 0) is 4.79 Å². The summed E-state index contributed by atoms with van der Waals surface area (Å²) >= 11 is 5.85. The summed E-state index contributed by atoms with van der Waals surface area (Å²) in [5.74, 6) is -0.0329. The Balaban J connectivity index is 1.67. The normalized spacial score (nSPS) is 11.3. The summed E-state index contributed by atoms with van der Waals surface area (Å²) in [5.41, 5.74) is 0.932. The molecule has 0 heterocycles. The number of nitro benzene ring substituents is 1. The lowest BCUT2D eigenvalue weighted by Crippen LogP contribution is -2.30. The van der Waals surface area contributed by atoms with Gasteiger partial charge in [0.1, 0.15) is 11.5 Å². The van der Waals surface area contributed by atoms with E-state index in [4.69, 9.17) is 21.1 Å². The molecule has 9 heteroatoms. The van der Waals surface area contributed by atoms with E-state index in [9.17, 15) is 19.7 Å². The van der Waals surface area contributed by atoms with Crippen molar-refractivity contribution in [2.24, 2.45) is 0 Å². The van der Waals surface area contributed by atoms with Crippen molar-refractivity contribution >= 4 is 34.7 Å². The molecule has 1 N–H and O–H groups in total. The van der Waals surface area contributed by atoms with Crippen LogP contribution in [0.25, 0.3) is 0 Å². The van der Waals surface area contributed by atoms with Crippen LogP contribution in [-0.4, -0.2) is 29.8 Å². The first kappa shape index (κ1) is 22.8. The topological polar surface area (TPSA) is 108 Å². The van der Waals surface area contributed by atoms with Crippen molar-refractivity contribution in [3.05, 3.63) is 93.0 Å². The van der Waals surface area contributed by atoms with Gasteiger partial charge in [-0.1, -0.05) is 11.6 Å². The molecule has 0 saturated heterocycles. The van der Waals surface area contributed by atoms with Gasteiger partial charge in [0.15, 0.2) is 11.9 Å². The van der Waals surface area contributed by atoms with Crippen LogP contribution >= 0.6 is 11.6 Å². The number of hydrogen-bond acceptors (Lipinski definition) is 6. The second-order valence-electron chi connectivity index (χ2n) is 6.75. The zero-order valence-corrected chi connectivity index (χ0v) is 18.0. The van der Waals surface area contributed by atoms with Gasteiger partial charge in [0.05, 0.1) is 17.7 Å². The number of nitro groups is 1. The lowest BCUT2D eigenvalue weighted by Gasteiger charge is -2.16. The highest BCUT2D eigenvalue weighted by atomic mass is 35.5. The number of carbonyl (C=O) groups excluding carboxylic acids is 2. The first-order chi connectivity index (χ1) is 15.3. The van der Waals surface area contributed by atoms with Crippen LogP contribution in [0.3, 0.4) is 0 Å². The van der Waals surface area contributed by atoms with E-state index in [0.29, 0.717) is 21.9 Å². The smallest absolute Gasteiger partial charge is 0.271 e. The Labute approximate surface area is 188 Å². The lowest BCUT2D eigenvalue weighted by atomic mass is 10.0. The van der Waals surface area contributed by atoms with Gasteiger partial charge in [-0.25, -0.2) is 0 Å². The Morgan fingerprint density at radius 1 is 1.00 bits per heavy atom. The molecule has 1 atom stereocenters. The zero-order chi connectivity index (χ0) is 23.3. The second kappa shape index (κ2) is 9.93. The number of methoxy groups -OCH3 is 1. The fourth-order valence-electron chi connectivity index (χ4n) is 2.85. The number of hydrogen-bond donors (Lipinski definition) is 1. The Hall–Kier alpha value is -3.91. The zero-order valence-electron chi connectivity index (χ0n) is 17.2. The standard InChI is InChI=1S/C23H19ClN2O6/c1-14(23(28)25-20-13-18(26(29)30)9-12-21(20)31-2)32-19-10-5-16(6-11-19)22(27)15-3-7-17(24)8-4-15/h3-14H,1-2H3,(H,25,28). The number of anilines is 1. The largest absolute Gasteiger partial charge is 0.495 e. The molecule has 3 aromatic carbocycles. The third-order valence-electron chi connectivity index (χ3n) is 4.56. The van der Waals surface area contributed by atoms with E-state index >= 15 is 0 Å². The van der Waals surface area contributed by atoms with E-state index in [1.807, 2.05) is 0 Å². The van der Waals surface area contributed by atoms with Crippen molar-refractivity contribution < 1.29 is 24.0 Å². The molecule has 32 heavy (non-hydrogen) atoms. The molecule has 8 nitrogen and oxygen atoms in total. The molecule has 0 spiro atoms. The summed E-state index contributed by atoms with van der Waals surface area (Å²) in [7, 11) is 1.39. The Bertz CT molecular complexity index is 1150. The monoisotopic (exact) mass is 454 g/mol. The molecular formula is C23H19ClN2O6. The van der Waals surface area contributed by atoms with Crippen LogP contribution in [0, 0.1) is 10.1 Å². The number of ether oxygens (including phenoxy) is 2. The van der Waals surface area contributed by atoms with Crippen molar-refractivity contribution in [2.75, 3.05) is 12.4 Å². The minimum atomic E-state index is -0.920. The van der Waals surface area contributed by atoms with E-state index in [1.165, 1.54) is 32.2 Å². The summed E-state index contributed by atoms with van der Waals surface area (Å²) in [6, 6.07) is 16.8. The van der Waals surface area contributed by atoms with Crippen LogP contribution < -0.4 is 14.8 Å². The van der Waals surface area contributed by atoms with E-state index in [0.717, 1.165) is 0 Å². The van der Waals surface area contributed by atoms with Gasteiger partial charge >= 0.3 is 0 Å². The van der Waals surface area contributed by atoms with Crippen molar-refractivity contribution in [3.63, 3.8) is 0 Å². The van der Waals surface area contributed by atoms with Crippen LogP contribution in [0.4, 0.5) is 11.4 Å². The fraction of sp³-hybridized carbons (Fsp3) is 0.130. The van der Waals surface area contributed by atoms with Crippen LogP contribution in [0.15, 0.2) is 66.7 Å². The van der Waals surface area contributed by atoms with Gasteiger partial charge in [0.25, 0.3) is 11.6 Å². The average molecular weight is 455 g/mol. The van der Waals surface area contributed by atoms with Gasteiger partial charge in [0.2, 0.25) is 0 Å². The van der Waals surface area contributed by atoms with Crippen molar-refractivity contribution in [3.8, 4) is 11.5 Å². The third kappa shape index (κ3) is 5.41. The minimum Gasteiger partial charge on any atom is -0.495 e. The number of nitrogens with one attached hydrogen (secondary N) is 1. The molecule has 0 saturated carbocycles. The lowest BCUT2D eigenvalue weighted by molar-refractivity contribution is -0.384. The predicted octanol–water partition coefficient (Wildman–Crippen LogP) is 4.89. The minimum absolute atomic E-state index is 0.158. The maximum absolute atomic E-state index is 12.5. The molecule has 0 aliphatic carbocycles. The van der Waals surface area contributed by atoms with Crippen LogP contribution in [0.1, 0.15) is 22.8 Å². The molecule has 1 unspecified atom stereocenters. The summed E-state index contributed by atoms with van der Waals surface area (Å²) in [5, 5.41) is 14.1. The first-order valence-corrected chi connectivity index (χ1v) is 9.86. The Morgan fingerprint density at radius 3 is 2.16 bits per heavy atom. The number of amides is 1. The molecule has 0 aromatic heterocycles. The number of non-ortho nitro benzene ring substituents is 1. The summed E-state index contributed by atoms with van der Waals surface area (Å²) in [4.78, 5) is 35.5. The van der Waals surface area contributed by atoms with Crippen LogP contribution in [0.5, 0.6) is 11.5 Å². The molecule has 0 aliphatic heterocycles. The molecule has 164 valence electrons. The molecule has 3 aromatic rings.